The number of amides is 1. The van der Waals surface area contributed by atoms with Crippen LogP contribution in [0.25, 0.3) is 0 Å². The standard InChI is InChI=1S/C16H21N3O2/c1-12(2)16(20)19-10-14-15(11-19)21-7-6-18(14)9-13-4-3-5-17-8-13/h3-5,8,14-15H,1,6-7,9-11H2,2H3/t14-,15-/m0/s1. The Morgan fingerprint density at radius 1 is 1.52 bits per heavy atom. The highest BCUT2D eigenvalue weighted by Crippen LogP contribution is 2.25. The van der Waals surface area contributed by atoms with Crippen molar-refractivity contribution in [3.63, 3.8) is 0 Å². The van der Waals surface area contributed by atoms with E-state index in [9.17, 15) is 4.79 Å². The van der Waals surface area contributed by atoms with E-state index in [0.717, 1.165) is 26.2 Å². The molecule has 5 nitrogen and oxygen atoms in total. The molecule has 0 spiro atoms. The Morgan fingerprint density at radius 3 is 3.10 bits per heavy atom. The van der Waals surface area contributed by atoms with Crippen LogP contribution in [0.15, 0.2) is 36.7 Å². The van der Waals surface area contributed by atoms with E-state index in [-0.39, 0.29) is 18.1 Å². The first-order valence-corrected chi connectivity index (χ1v) is 7.34. The molecular formula is C16H21N3O2. The van der Waals surface area contributed by atoms with Crippen LogP contribution in [0.2, 0.25) is 0 Å². The molecule has 0 radical (unpaired) electrons. The molecule has 2 aliphatic heterocycles. The van der Waals surface area contributed by atoms with Crippen molar-refractivity contribution >= 4 is 5.91 Å². The molecule has 1 aromatic rings. The van der Waals surface area contributed by atoms with Crippen molar-refractivity contribution < 1.29 is 9.53 Å². The number of pyridine rings is 1. The predicted octanol–water partition coefficient (Wildman–Crippen LogP) is 1.07. The van der Waals surface area contributed by atoms with Gasteiger partial charge in [-0.15, -0.1) is 0 Å². The molecule has 3 rings (SSSR count). The molecule has 2 fully saturated rings. The quantitative estimate of drug-likeness (QED) is 0.780. The molecule has 3 heterocycles. The Hall–Kier alpha value is -1.72. The Labute approximate surface area is 125 Å². The summed E-state index contributed by atoms with van der Waals surface area (Å²) in [5.74, 6) is 0.0364. The minimum atomic E-state index is 0.0364. The largest absolute Gasteiger partial charge is 0.373 e. The molecule has 112 valence electrons. The number of likely N-dealkylation sites (tertiary alicyclic amines) is 1. The summed E-state index contributed by atoms with van der Waals surface area (Å²) in [4.78, 5) is 20.5. The molecule has 0 aromatic carbocycles. The molecule has 0 saturated carbocycles. The number of hydrogen-bond acceptors (Lipinski definition) is 4. The topological polar surface area (TPSA) is 45.7 Å². The Balaban J connectivity index is 1.70. The zero-order chi connectivity index (χ0) is 14.8. The average molecular weight is 287 g/mol. The first-order chi connectivity index (χ1) is 10.1. The van der Waals surface area contributed by atoms with Gasteiger partial charge in [0, 0.05) is 44.1 Å². The first kappa shape index (κ1) is 14.2. The molecule has 0 aliphatic carbocycles. The number of morpholine rings is 1. The summed E-state index contributed by atoms with van der Waals surface area (Å²) in [6, 6.07) is 4.31. The number of hydrogen-bond donors (Lipinski definition) is 0. The zero-order valence-electron chi connectivity index (χ0n) is 12.4. The third-order valence-electron chi connectivity index (χ3n) is 4.18. The summed E-state index contributed by atoms with van der Waals surface area (Å²) in [6.45, 7) is 9.37. The van der Waals surface area contributed by atoms with Crippen molar-refractivity contribution in [3.8, 4) is 0 Å². The van der Waals surface area contributed by atoms with Crippen LogP contribution < -0.4 is 0 Å². The highest BCUT2D eigenvalue weighted by atomic mass is 16.5. The van der Waals surface area contributed by atoms with Crippen molar-refractivity contribution in [1.82, 2.24) is 14.8 Å². The second-order valence-corrected chi connectivity index (χ2v) is 5.80. The lowest BCUT2D eigenvalue weighted by molar-refractivity contribution is -0.126. The van der Waals surface area contributed by atoms with Gasteiger partial charge < -0.3 is 9.64 Å². The van der Waals surface area contributed by atoms with Gasteiger partial charge in [-0.05, 0) is 18.6 Å². The smallest absolute Gasteiger partial charge is 0.249 e. The summed E-state index contributed by atoms with van der Waals surface area (Å²) in [5.41, 5.74) is 1.79. The summed E-state index contributed by atoms with van der Waals surface area (Å²) >= 11 is 0. The van der Waals surface area contributed by atoms with E-state index >= 15 is 0 Å². The second-order valence-electron chi connectivity index (χ2n) is 5.80. The van der Waals surface area contributed by atoms with Crippen LogP contribution in [0.3, 0.4) is 0 Å². The Kier molecular flexibility index (Phi) is 4.03. The van der Waals surface area contributed by atoms with Crippen molar-refractivity contribution in [1.29, 1.82) is 0 Å². The van der Waals surface area contributed by atoms with E-state index in [2.05, 4.69) is 22.5 Å². The Morgan fingerprint density at radius 2 is 2.38 bits per heavy atom. The van der Waals surface area contributed by atoms with E-state index in [1.165, 1.54) is 5.56 Å². The van der Waals surface area contributed by atoms with Crippen LogP contribution in [-0.4, -0.2) is 59.1 Å². The van der Waals surface area contributed by atoms with E-state index in [1.807, 2.05) is 17.2 Å². The third kappa shape index (κ3) is 2.99. The molecule has 21 heavy (non-hydrogen) atoms. The Bertz CT molecular complexity index is 532. The van der Waals surface area contributed by atoms with Gasteiger partial charge in [0.2, 0.25) is 5.91 Å². The second kappa shape index (κ2) is 5.95. The number of fused-ring (bicyclic) bond motifs is 1. The van der Waals surface area contributed by atoms with Gasteiger partial charge >= 0.3 is 0 Å². The molecule has 1 aromatic heterocycles. The third-order valence-corrected chi connectivity index (χ3v) is 4.18. The molecule has 0 unspecified atom stereocenters. The van der Waals surface area contributed by atoms with Crippen molar-refractivity contribution in [3.05, 3.63) is 42.2 Å². The lowest BCUT2D eigenvalue weighted by atomic mass is 10.1. The number of nitrogens with zero attached hydrogens (tertiary/aromatic N) is 3. The molecule has 0 bridgehead atoms. The van der Waals surface area contributed by atoms with Gasteiger partial charge in [0.1, 0.15) is 0 Å². The fraction of sp³-hybridized carbons (Fsp3) is 0.500. The molecule has 5 heteroatoms. The van der Waals surface area contributed by atoms with E-state index in [4.69, 9.17) is 4.74 Å². The van der Waals surface area contributed by atoms with Crippen molar-refractivity contribution in [2.45, 2.75) is 25.6 Å². The lowest BCUT2D eigenvalue weighted by Crippen LogP contribution is -2.50. The fourth-order valence-electron chi connectivity index (χ4n) is 3.12. The maximum Gasteiger partial charge on any atom is 0.249 e. The van der Waals surface area contributed by atoms with Crippen LogP contribution in [0.1, 0.15) is 12.5 Å². The van der Waals surface area contributed by atoms with Crippen LogP contribution in [0, 0.1) is 0 Å². The number of carbonyl (C=O) groups excluding carboxylic acids is 1. The molecular weight excluding hydrogens is 266 g/mol. The van der Waals surface area contributed by atoms with Gasteiger partial charge in [-0.2, -0.15) is 0 Å². The van der Waals surface area contributed by atoms with Gasteiger partial charge in [0.05, 0.1) is 18.8 Å². The summed E-state index contributed by atoms with van der Waals surface area (Å²) in [5, 5.41) is 0. The minimum absolute atomic E-state index is 0.0364. The summed E-state index contributed by atoms with van der Waals surface area (Å²) in [6.07, 6.45) is 3.80. The number of aromatic nitrogens is 1. The first-order valence-electron chi connectivity index (χ1n) is 7.34. The normalized spacial score (nSPS) is 25.7. The van der Waals surface area contributed by atoms with Gasteiger partial charge in [-0.3, -0.25) is 14.7 Å². The van der Waals surface area contributed by atoms with Gasteiger partial charge in [-0.1, -0.05) is 12.6 Å². The van der Waals surface area contributed by atoms with Crippen LogP contribution >= 0.6 is 0 Å². The molecule has 0 N–H and O–H groups in total. The molecule has 2 saturated heterocycles. The van der Waals surface area contributed by atoms with Gasteiger partial charge in [0.25, 0.3) is 0 Å². The summed E-state index contributed by atoms with van der Waals surface area (Å²) < 4.78 is 5.85. The maximum absolute atomic E-state index is 12.1. The van der Waals surface area contributed by atoms with E-state index in [1.54, 1.807) is 13.1 Å². The number of carbonyl (C=O) groups is 1. The molecule has 1 amide bonds. The van der Waals surface area contributed by atoms with Crippen LogP contribution in [-0.2, 0) is 16.1 Å². The highest BCUT2D eigenvalue weighted by molar-refractivity contribution is 5.92. The maximum atomic E-state index is 12.1. The average Bonchev–Trinajstić information content (AvgIpc) is 2.92. The molecule has 2 atom stereocenters. The van der Waals surface area contributed by atoms with Gasteiger partial charge in [-0.25, -0.2) is 0 Å². The number of rotatable bonds is 3. The predicted molar refractivity (Wildman–Crippen MR) is 79.6 cm³/mol. The number of ether oxygens (including phenoxy) is 1. The zero-order valence-corrected chi connectivity index (χ0v) is 12.4. The van der Waals surface area contributed by atoms with Crippen LogP contribution in [0.5, 0.6) is 0 Å². The van der Waals surface area contributed by atoms with E-state index < -0.39 is 0 Å². The summed E-state index contributed by atoms with van der Waals surface area (Å²) in [7, 11) is 0. The van der Waals surface area contributed by atoms with E-state index in [0.29, 0.717) is 12.1 Å². The molecule has 2 aliphatic rings. The highest BCUT2D eigenvalue weighted by Gasteiger charge is 2.41. The fourth-order valence-corrected chi connectivity index (χ4v) is 3.12. The lowest BCUT2D eigenvalue weighted by Gasteiger charge is -2.36. The van der Waals surface area contributed by atoms with Gasteiger partial charge in [0.15, 0.2) is 0 Å². The van der Waals surface area contributed by atoms with Crippen LogP contribution in [0.4, 0.5) is 0 Å². The monoisotopic (exact) mass is 287 g/mol. The van der Waals surface area contributed by atoms with Crippen molar-refractivity contribution in [2.75, 3.05) is 26.2 Å². The minimum Gasteiger partial charge on any atom is -0.373 e. The SMILES string of the molecule is C=C(C)C(=O)N1C[C@@H]2OCCN(Cc3cccnc3)[C@H]2C1. The van der Waals surface area contributed by atoms with Crippen molar-refractivity contribution in [2.24, 2.45) is 0 Å².